The number of likely N-dealkylation sites (N-methyl/N-ethyl adjacent to an activating group) is 1. The molecule has 0 unspecified atom stereocenters. The standard InChI is InChI=1S/C25H33N5OS/c1-17-4-8-21(9-5-17)30-25-22(18(2)27-30)16-23(32-25)24(31)26-19-6-10-20(11-7-19)29-14-12-28(3)13-15-29/h6-7,10-11,16-17,21H,4-5,8-9,12-15H2,1-3H3,(H,26,31). The van der Waals surface area contributed by atoms with E-state index in [1.54, 1.807) is 11.3 Å². The van der Waals surface area contributed by atoms with Crippen molar-refractivity contribution in [3.8, 4) is 0 Å². The highest BCUT2D eigenvalue weighted by atomic mass is 32.1. The lowest BCUT2D eigenvalue weighted by molar-refractivity contribution is 0.103. The zero-order valence-corrected chi connectivity index (χ0v) is 20.1. The summed E-state index contributed by atoms with van der Waals surface area (Å²) in [5.74, 6) is 0.771. The minimum atomic E-state index is -0.0400. The molecule has 3 aromatic rings. The minimum Gasteiger partial charge on any atom is -0.369 e. The quantitative estimate of drug-likeness (QED) is 0.595. The van der Waals surface area contributed by atoms with Crippen LogP contribution in [0.4, 0.5) is 11.4 Å². The summed E-state index contributed by atoms with van der Waals surface area (Å²) in [7, 11) is 2.17. The number of thiophene rings is 1. The second-order valence-corrected chi connectivity index (χ2v) is 10.6. The summed E-state index contributed by atoms with van der Waals surface area (Å²) in [5.41, 5.74) is 3.07. The van der Waals surface area contributed by atoms with Crippen molar-refractivity contribution in [1.82, 2.24) is 14.7 Å². The lowest BCUT2D eigenvalue weighted by Crippen LogP contribution is -2.44. The Morgan fingerprint density at radius 2 is 1.75 bits per heavy atom. The van der Waals surface area contributed by atoms with Gasteiger partial charge in [-0.2, -0.15) is 5.10 Å². The van der Waals surface area contributed by atoms with Gasteiger partial charge in [0.1, 0.15) is 4.83 Å². The molecular weight excluding hydrogens is 418 g/mol. The summed E-state index contributed by atoms with van der Waals surface area (Å²) >= 11 is 1.57. The van der Waals surface area contributed by atoms with Crippen molar-refractivity contribution in [2.75, 3.05) is 43.4 Å². The summed E-state index contributed by atoms with van der Waals surface area (Å²) in [6.45, 7) is 8.64. The number of nitrogens with one attached hydrogen (secondary N) is 1. The lowest BCUT2D eigenvalue weighted by atomic mass is 9.87. The maximum atomic E-state index is 13.0. The van der Waals surface area contributed by atoms with Crippen LogP contribution in [0.25, 0.3) is 10.2 Å². The van der Waals surface area contributed by atoms with E-state index in [0.717, 1.165) is 58.6 Å². The van der Waals surface area contributed by atoms with Crippen LogP contribution in [0.5, 0.6) is 0 Å². The van der Waals surface area contributed by atoms with E-state index in [4.69, 9.17) is 5.10 Å². The van der Waals surface area contributed by atoms with Crippen LogP contribution in [-0.4, -0.2) is 53.8 Å². The van der Waals surface area contributed by atoms with Crippen LogP contribution in [0.2, 0.25) is 0 Å². The molecule has 6 nitrogen and oxygen atoms in total. The monoisotopic (exact) mass is 451 g/mol. The molecule has 7 heteroatoms. The molecule has 1 aromatic carbocycles. The van der Waals surface area contributed by atoms with Gasteiger partial charge in [0.2, 0.25) is 0 Å². The first-order valence-electron chi connectivity index (χ1n) is 11.8. The summed E-state index contributed by atoms with van der Waals surface area (Å²) < 4.78 is 2.20. The highest BCUT2D eigenvalue weighted by molar-refractivity contribution is 7.20. The minimum absolute atomic E-state index is 0.0400. The van der Waals surface area contributed by atoms with E-state index in [0.29, 0.717) is 6.04 Å². The largest absolute Gasteiger partial charge is 0.369 e. The van der Waals surface area contributed by atoms with Gasteiger partial charge in [-0.3, -0.25) is 9.48 Å². The van der Waals surface area contributed by atoms with E-state index in [-0.39, 0.29) is 5.91 Å². The molecule has 2 fully saturated rings. The van der Waals surface area contributed by atoms with Crippen LogP contribution in [0.3, 0.4) is 0 Å². The normalized spacial score (nSPS) is 22.4. The van der Waals surface area contributed by atoms with Crippen LogP contribution in [-0.2, 0) is 0 Å². The Bertz CT molecular complexity index is 1090. The molecule has 2 aliphatic rings. The molecule has 32 heavy (non-hydrogen) atoms. The van der Waals surface area contributed by atoms with Crippen LogP contribution in [0.15, 0.2) is 30.3 Å². The number of carbonyl (C=O) groups is 1. The Morgan fingerprint density at radius 3 is 2.44 bits per heavy atom. The van der Waals surface area contributed by atoms with Gasteiger partial charge in [0.05, 0.1) is 16.6 Å². The van der Waals surface area contributed by atoms with E-state index in [1.165, 1.54) is 31.4 Å². The number of piperazine rings is 1. The average Bonchev–Trinajstić information content (AvgIpc) is 3.36. The van der Waals surface area contributed by atoms with Gasteiger partial charge in [-0.25, -0.2) is 0 Å². The van der Waals surface area contributed by atoms with Gasteiger partial charge in [-0.05, 0) is 75.9 Å². The Hall–Kier alpha value is -2.38. The molecule has 1 N–H and O–H groups in total. The predicted molar refractivity (Wildman–Crippen MR) is 133 cm³/mol. The summed E-state index contributed by atoms with van der Waals surface area (Å²) in [4.78, 5) is 19.6. The van der Waals surface area contributed by atoms with Crippen LogP contribution in [0.1, 0.15) is 54.0 Å². The summed E-state index contributed by atoms with van der Waals surface area (Å²) in [6, 6.07) is 10.7. The number of aryl methyl sites for hydroxylation is 1. The molecule has 1 saturated carbocycles. The lowest BCUT2D eigenvalue weighted by Gasteiger charge is -2.34. The second kappa shape index (κ2) is 8.87. The van der Waals surface area contributed by atoms with E-state index in [9.17, 15) is 4.79 Å². The zero-order chi connectivity index (χ0) is 22.2. The second-order valence-electron chi connectivity index (χ2n) is 9.56. The Labute approximate surface area is 194 Å². The van der Waals surface area contributed by atoms with Crippen molar-refractivity contribution < 1.29 is 4.79 Å². The van der Waals surface area contributed by atoms with Crippen molar-refractivity contribution in [3.63, 3.8) is 0 Å². The molecule has 0 bridgehead atoms. The first-order chi connectivity index (χ1) is 15.5. The van der Waals surface area contributed by atoms with Gasteiger partial charge in [0, 0.05) is 42.9 Å². The van der Waals surface area contributed by atoms with E-state index in [2.05, 4.69) is 52.8 Å². The fourth-order valence-electron chi connectivity index (χ4n) is 4.93. The molecule has 5 rings (SSSR count). The average molecular weight is 452 g/mol. The number of anilines is 2. The first-order valence-corrected chi connectivity index (χ1v) is 12.6. The number of hydrogen-bond donors (Lipinski definition) is 1. The van der Waals surface area contributed by atoms with Crippen LogP contribution >= 0.6 is 11.3 Å². The van der Waals surface area contributed by atoms with Crippen molar-refractivity contribution in [2.45, 2.75) is 45.6 Å². The molecule has 0 radical (unpaired) electrons. The highest BCUT2D eigenvalue weighted by Gasteiger charge is 2.24. The molecular formula is C25H33N5OS. The summed E-state index contributed by atoms with van der Waals surface area (Å²) in [5, 5.41) is 9.03. The predicted octanol–water partition coefficient (Wildman–Crippen LogP) is 5.16. The summed E-state index contributed by atoms with van der Waals surface area (Å²) in [6.07, 6.45) is 4.87. The third kappa shape index (κ3) is 4.28. The SMILES string of the molecule is Cc1nn(C2CCC(C)CC2)c2sc(C(=O)Nc3ccc(N4CCN(C)CC4)cc3)cc12. The van der Waals surface area contributed by atoms with Crippen molar-refractivity contribution in [2.24, 2.45) is 5.92 Å². The van der Waals surface area contributed by atoms with Crippen LogP contribution in [0, 0.1) is 12.8 Å². The molecule has 1 amide bonds. The maximum Gasteiger partial charge on any atom is 0.265 e. The van der Waals surface area contributed by atoms with E-state index >= 15 is 0 Å². The maximum absolute atomic E-state index is 13.0. The number of carbonyl (C=O) groups excluding carboxylic acids is 1. The van der Waals surface area contributed by atoms with E-state index in [1.807, 2.05) is 18.2 Å². The molecule has 0 atom stereocenters. The molecule has 1 aliphatic heterocycles. The topological polar surface area (TPSA) is 53.4 Å². The molecule has 1 saturated heterocycles. The third-order valence-corrected chi connectivity index (χ3v) is 8.24. The number of benzene rings is 1. The number of hydrogen-bond acceptors (Lipinski definition) is 5. The smallest absolute Gasteiger partial charge is 0.265 e. The number of nitrogens with zero attached hydrogens (tertiary/aromatic N) is 4. The zero-order valence-electron chi connectivity index (χ0n) is 19.3. The fourth-order valence-corrected chi connectivity index (χ4v) is 6.06. The van der Waals surface area contributed by atoms with Gasteiger partial charge >= 0.3 is 0 Å². The van der Waals surface area contributed by atoms with Crippen molar-refractivity contribution in [3.05, 3.63) is 40.9 Å². The highest BCUT2D eigenvalue weighted by Crippen LogP contribution is 2.37. The van der Waals surface area contributed by atoms with E-state index < -0.39 is 0 Å². The van der Waals surface area contributed by atoms with Crippen molar-refractivity contribution in [1.29, 1.82) is 0 Å². The number of aromatic nitrogens is 2. The number of fused-ring (bicyclic) bond motifs is 1. The fraction of sp³-hybridized carbons (Fsp3) is 0.520. The number of rotatable bonds is 4. The number of amides is 1. The molecule has 2 aromatic heterocycles. The molecule has 1 aliphatic carbocycles. The van der Waals surface area contributed by atoms with Crippen LogP contribution < -0.4 is 10.2 Å². The van der Waals surface area contributed by atoms with Crippen molar-refractivity contribution >= 4 is 38.8 Å². The molecule has 0 spiro atoms. The first kappa shape index (κ1) is 21.5. The van der Waals surface area contributed by atoms with Gasteiger partial charge in [0.15, 0.2) is 0 Å². The molecule has 3 heterocycles. The van der Waals surface area contributed by atoms with Gasteiger partial charge in [0.25, 0.3) is 5.91 Å². The third-order valence-electron chi connectivity index (χ3n) is 7.12. The Kier molecular flexibility index (Phi) is 5.95. The van der Waals surface area contributed by atoms with Gasteiger partial charge in [-0.15, -0.1) is 11.3 Å². The molecule has 170 valence electrons. The van der Waals surface area contributed by atoms with Gasteiger partial charge < -0.3 is 15.1 Å². The van der Waals surface area contributed by atoms with Gasteiger partial charge in [-0.1, -0.05) is 6.92 Å². The Balaban J connectivity index is 1.29. The Morgan fingerprint density at radius 1 is 1.06 bits per heavy atom.